The number of imidazole rings is 1. The zero-order chi connectivity index (χ0) is 17.7. The molecule has 3 rings (SSSR count). The number of carbonyl (C=O) groups excluding carboxylic acids is 2. The molecule has 2 aliphatic heterocycles. The van der Waals surface area contributed by atoms with Crippen molar-refractivity contribution >= 4 is 11.9 Å². The van der Waals surface area contributed by atoms with E-state index in [1.807, 2.05) is 25.3 Å². The van der Waals surface area contributed by atoms with E-state index < -0.39 is 17.1 Å². The standard InChI is InChI=1S/C17H25N3O4/c1-11-13-14(21)12(9-20(13)10-18-11)17(23)5-7-19(8-6-17)15(22)24-16(2,3)4/h10,12,23H,5-9H2,1-4H3. The molecule has 0 bridgehead atoms. The Bertz CT molecular complexity index is 666. The second-order valence-corrected chi connectivity index (χ2v) is 7.82. The van der Waals surface area contributed by atoms with Crippen LogP contribution in [0.2, 0.25) is 0 Å². The van der Waals surface area contributed by atoms with Crippen molar-refractivity contribution in [1.29, 1.82) is 0 Å². The van der Waals surface area contributed by atoms with Crippen LogP contribution in [-0.2, 0) is 11.3 Å². The second kappa shape index (κ2) is 5.58. The highest BCUT2D eigenvalue weighted by atomic mass is 16.6. The number of hydrogen-bond donors (Lipinski definition) is 1. The molecule has 1 unspecified atom stereocenters. The molecule has 0 aromatic carbocycles. The highest BCUT2D eigenvalue weighted by molar-refractivity contribution is 6.00. The number of rotatable bonds is 1. The number of hydrogen-bond acceptors (Lipinski definition) is 5. The fraction of sp³-hybridized carbons (Fsp3) is 0.706. The van der Waals surface area contributed by atoms with Crippen molar-refractivity contribution in [3.63, 3.8) is 0 Å². The summed E-state index contributed by atoms with van der Waals surface area (Å²) in [5, 5.41) is 11.0. The fourth-order valence-corrected chi connectivity index (χ4v) is 3.55. The number of aromatic nitrogens is 2. The van der Waals surface area contributed by atoms with Crippen molar-refractivity contribution < 1.29 is 19.4 Å². The van der Waals surface area contributed by atoms with Gasteiger partial charge in [0.05, 0.1) is 23.5 Å². The Hall–Kier alpha value is -1.89. The second-order valence-electron chi connectivity index (χ2n) is 7.82. The molecular formula is C17H25N3O4. The summed E-state index contributed by atoms with van der Waals surface area (Å²) in [6.07, 6.45) is 2.04. The molecule has 1 N–H and O–H groups in total. The number of piperidine rings is 1. The Kier molecular flexibility index (Phi) is 3.94. The summed E-state index contributed by atoms with van der Waals surface area (Å²) < 4.78 is 7.19. The van der Waals surface area contributed by atoms with Crippen LogP contribution in [0.3, 0.4) is 0 Å². The van der Waals surface area contributed by atoms with Gasteiger partial charge < -0.3 is 19.3 Å². The van der Waals surface area contributed by atoms with E-state index in [0.717, 1.165) is 0 Å². The van der Waals surface area contributed by atoms with Gasteiger partial charge in [-0.05, 0) is 40.5 Å². The minimum atomic E-state index is -1.08. The maximum atomic E-state index is 12.7. The topological polar surface area (TPSA) is 84.7 Å². The normalized spacial score (nSPS) is 23.3. The van der Waals surface area contributed by atoms with E-state index >= 15 is 0 Å². The first-order valence-electron chi connectivity index (χ1n) is 8.37. The van der Waals surface area contributed by atoms with Gasteiger partial charge in [-0.1, -0.05) is 0 Å². The van der Waals surface area contributed by atoms with Gasteiger partial charge in [-0.2, -0.15) is 0 Å². The first-order chi connectivity index (χ1) is 11.1. The van der Waals surface area contributed by atoms with Crippen molar-refractivity contribution in [2.75, 3.05) is 13.1 Å². The molecular weight excluding hydrogens is 310 g/mol. The van der Waals surface area contributed by atoms with Crippen LogP contribution in [0.4, 0.5) is 4.79 Å². The van der Waals surface area contributed by atoms with E-state index in [1.54, 1.807) is 18.2 Å². The van der Waals surface area contributed by atoms with Crippen molar-refractivity contribution in [2.24, 2.45) is 5.92 Å². The number of fused-ring (bicyclic) bond motifs is 1. The van der Waals surface area contributed by atoms with Gasteiger partial charge in [-0.25, -0.2) is 9.78 Å². The van der Waals surface area contributed by atoms with Gasteiger partial charge in [0.25, 0.3) is 0 Å². The van der Waals surface area contributed by atoms with E-state index in [2.05, 4.69) is 4.98 Å². The van der Waals surface area contributed by atoms with Crippen LogP contribution in [0.25, 0.3) is 0 Å². The average Bonchev–Trinajstić information content (AvgIpc) is 2.99. The fourth-order valence-electron chi connectivity index (χ4n) is 3.55. The lowest BCUT2D eigenvalue weighted by Gasteiger charge is -2.41. The molecule has 1 aromatic rings. The highest BCUT2D eigenvalue weighted by Gasteiger charge is 2.48. The summed E-state index contributed by atoms with van der Waals surface area (Å²) in [6, 6.07) is 0. The van der Waals surface area contributed by atoms with Gasteiger partial charge in [0.2, 0.25) is 0 Å². The molecule has 2 aliphatic rings. The third-order valence-electron chi connectivity index (χ3n) is 4.88. The molecule has 0 saturated carbocycles. The van der Waals surface area contributed by atoms with Crippen molar-refractivity contribution in [2.45, 2.75) is 58.3 Å². The molecule has 24 heavy (non-hydrogen) atoms. The molecule has 1 amide bonds. The number of amides is 1. The van der Waals surface area contributed by atoms with Crippen molar-refractivity contribution in [3.8, 4) is 0 Å². The predicted molar refractivity (Wildman–Crippen MR) is 86.8 cm³/mol. The highest BCUT2D eigenvalue weighted by Crippen LogP contribution is 2.37. The van der Waals surface area contributed by atoms with Gasteiger partial charge in [0.1, 0.15) is 11.3 Å². The van der Waals surface area contributed by atoms with E-state index in [1.165, 1.54) is 0 Å². The Morgan fingerprint density at radius 1 is 1.38 bits per heavy atom. The van der Waals surface area contributed by atoms with E-state index in [-0.39, 0.29) is 11.9 Å². The number of nitrogens with zero attached hydrogens (tertiary/aromatic N) is 3. The summed E-state index contributed by atoms with van der Waals surface area (Å²) in [7, 11) is 0. The molecule has 1 fully saturated rings. The molecule has 3 heterocycles. The van der Waals surface area contributed by atoms with Gasteiger partial charge in [0, 0.05) is 19.6 Å². The van der Waals surface area contributed by atoms with Gasteiger partial charge in [-0.3, -0.25) is 4.79 Å². The van der Waals surface area contributed by atoms with Gasteiger partial charge in [-0.15, -0.1) is 0 Å². The zero-order valence-corrected chi connectivity index (χ0v) is 14.7. The number of ketones is 1. The predicted octanol–water partition coefficient (Wildman–Crippen LogP) is 1.77. The van der Waals surface area contributed by atoms with Crippen LogP contribution >= 0.6 is 0 Å². The van der Waals surface area contributed by atoms with E-state index in [4.69, 9.17) is 4.74 Å². The van der Waals surface area contributed by atoms with Crippen LogP contribution in [0.1, 0.15) is 49.8 Å². The Morgan fingerprint density at radius 3 is 2.54 bits per heavy atom. The van der Waals surface area contributed by atoms with E-state index in [9.17, 15) is 14.7 Å². The number of ether oxygens (including phenoxy) is 1. The molecule has 1 aromatic heterocycles. The third-order valence-corrected chi connectivity index (χ3v) is 4.88. The zero-order valence-electron chi connectivity index (χ0n) is 14.7. The Morgan fingerprint density at radius 2 is 2.00 bits per heavy atom. The number of likely N-dealkylation sites (tertiary alicyclic amines) is 1. The average molecular weight is 335 g/mol. The maximum Gasteiger partial charge on any atom is 0.410 e. The SMILES string of the molecule is Cc1ncn2c1C(=O)C(C1(O)CCN(C(=O)OC(C)(C)C)CC1)C2. The lowest BCUT2D eigenvalue weighted by molar-refractivity contribution is -0.0603. The Labute approximate surface area is 141 Å². The molecule has 7 nitrogen and oxygen atoms in total. The smallest absolute Gasteiger partial charge is 0.410 e. The molecule has 132 valence electrons. The van der Waals surface area contributed by atoms with Crippen LogP contribution in [-0.4, -0.2) is 55.7 Å². The van der Waals surface area contributed by atoms with Crippen LogP contribution in [0.15, 0.2) is 6.33 Å². The minimum Gasteiger partial charge on any atom is -0.444 e. The quantitative estimate of drug-likeness (QED) is 0.845. The van der Waals surface area contributed by atoms with Crippen LogP contribution < -0.4 is 0 Å². The maximum absolute atomic E-state index is 12.7. The summed E-state index contributed by atoms with van der Waals surface area (Å²) in [6.45, 7) is 8.52. The van der Waals surface area contributed by atoms with Crippen molar-refractivity contribution in [3.05, 3.63) is 17.7 Å². The number of aliphatic hydroxyl groups is 1. The molecule has 1 atom stereocenters. The summed E-state index contributed by atoms with van der Waals surface area (Å²) in [5.74, 6) is -0.506. The first kappa shape index (κ1) is 17.0. The largest absolute Gasteiger partial charge is 0.444 e. The van der Waals surface area contributed by atoms with Gasteiger partial charge in [0.15, 0.2) is 5.78 Å². The molecule has 0 aliphatic carbocycles. The monoisotopic (exact) mass is 335 g/mol. The summed E-state index contributed by atoms with van der Waals surface area (Å²) in [5.41, 5.74) is -0.318. The molecule has 1 saturated heterocycles. The van der Waals surface area contributed by atoms with Gasteiger partial charge >= 0.3 is 6.09 Å². The lowest BCUT2D eigenvalue weighted by Crippen LogP contribution is -2.52. The summed E-state index contributed by atoms with van der Waals surface area (Å²) in [4.78, 5) is 30.5. The van der Waals surface area contributed by atoms with E-state index in [0.29, 0.717) is 43.9 Å². The molecule has 0 spiro atoms. The summed E-state index contributed by atoms with van der Waals surface area (Å²) >= 11 is 0. The minimum absolute atomic E-state index is 0.0433. The molecule has 7 heteroatoms. The van der Waals surface area contributed by atoms with Crippen LogP contribution in [0.5, 0.6) is 0 Å². The first-order valence-corrected chi connectivity index (χ1v) is 8.37. The molecule has 0 radical (unpaired) electrons. The third kappa shape index (κ3) is 2.92. The van der Waals surface area contributed by atoms with Crippen LogP contribution in [0, 0.1) is 12.8 Å². The Balaban J connectivity index is 1.66. The number of carbonyl (C=O) groups is 2. The number of Topliss-reactive ketones (excluding diaryl/α,β-unsaturated/α-hetero) is 1. The van der Waals surface area contributed by atoms with Crippen molar-refractivity contribution in [1.82, 2.24) is 14.5 Å². The lowest BCUT2D eigenvalue weighted by atomic mass is 9.78. The number of aryl methyl sites for hydroxylation is 1.